The Morgan fingerprint density at radius 2 is 1.83 bits per heavy atom. The first kappa shape index (κ1) is 14.0. The Kier molecular flexibility index (Phi) is 5.64. The molecule has 1 aromatic carbocycles. The molecule has 1 rings (SSSR count). The van der Waals surface area contributed by atoms with Crippen molar-refractivity contribution in [3.8, 4) is 0 Å². The fourth-order valence-corrected chi connectivity index (χ4v) is 1.21. The third-order valence-electron chi connectivity index (χ3n) is 2.26. The van der Waals surface area contributed by atoms with Crippen molar-refractivity contribution in [3.05, 3.63) is 47.5 Å². The highest BCUT2D eigenvalue weighted by atomic mass is 17.2. The molecule has 18 heavy (non-hydrogen) atoms. The zero-order valence-corrected chi connectivity index (χ0v) is 10.5. The molecular formula is C14H16O4. The van der Waals surface area contributed by atoms with Gasteiger partial charge in [-0.2, -0.15) is 0 Å². The quantitative estimate of drug-likeness (QED) is 0.467. The predicted octanol–water partition coefficient (Wildman–Crippen LogP) is 3.05. The van der Waals surface area contributed by atoms with Gasteiger partial charge in [0, 0.05) is 5.57 Å². The van der Waals surface area contributed by atoms with Gasteiger partial charge in [0.25, 0.3) is 0 Å². The third-order valence-corrected chi connectivity index (χ3v) is 2.26. The number of hydrogen-bond donors (Lipinski definition) is 0. The fraction of sp³-hybridized carbons (Fsp3) is 0.286. The summed E-state index contributed by atoms with van der Waals surface area (Å²) in [6.45, 7) is 3.62. The van der Waals surface area contributed by atoms with Gasteiger partial charge in [0.2, 0.25) is 0 Å². The van der Waals surface area contributed by atoms with Crippen LogP contribution in [0.15, 0.2) is 42.0 Å². The second-order valence-electron chi connectivity index (χ2n) is 3.78. The Balaban J connectivity index is 2.46. The molecule has 0 fully saturated rings. The van der Waals surface area contributed by atoms with Crippen LogP contribution in [0.25, 0.3) is 0 Å². The Morgan fingerprint density at radius 3 is 2.44 bits per heavy atom. The van der Waals surface area contributed by atoms with E-state index in [0.717, 1.165) is 12.8 Å². The fourth-order valence-electron chi connectivity index (χ4n) is 1.21. The lowest BCUT2D eigenvalue weighted by molar-refractivity contribution is -0.229. The topological polar surface area (TPSA) is 52.6 Å². The van der Waals surface area contributed by atoms with E-state index >= 15 is 0 Å². The Labute approximate surface area is 106 Å². The van der Waals surface area contributed by atoms with Crippen molar-refractivity contribution in [1.82, 2.24) is 0 Å². The summed E-state index contributed by atoms with van der Waals surface area (Å²) in [7, 11) is 0. The van der Waals surface area contributed by atoms with Crippen molar-refractivity contribution in [2.24, 2.45) is 0 Å². The highest BCUT2D eigenvalue weighted by Gasteiger charge is 2.12. The van der Waals surface area contributed by atoms with Crippen LogP contribution in [0.5, 0.6) is 0 Å². The van der Waals surface area contributed by atoms with E-state index in [4.69, 9.17) is 0 Å². The van der Waals surface area contributed by atoms with Crippen molar-refractivity contribution >= 4 is 11.9 Å². The maximum atomic E-state index is 11.5. The first-order valence-electron chi connectivity index (χ1n) is 5.80. The average molecular weight is 248 g/mol. The normalized spacial score (nSPS) is 10.9. The number of benzene rings is 1. The molecule has 0 saturated heterocycles. The maximum Gasteiger partial charge on any atom is 0.386 e. The Bertz CT molecular complexity index is 434. The van der Waals surface area contributed by atoms with Crippen LogP contribution < -0.4 is 0 Å². The highest BCUT2D eigenvalue weighted by molar-refractivity contribution is 5.91. The van der Waals surface area contributed by atoms with E-state index in [0.29, 0.717) is 11.1 Å². The second-order valence-corrected chi connectivity index (χ2v) is 3.78. The third kappa shape index (κ3) is 4.41. The number of rotatable bonds is 4. The molecule has 0 aliphatic heterocycles. The number of unbranched alkanes of at least 4 members (excludes halogenated alkanes) is 1. The molecule has 0 radical (unpaired) electrons. The number of allylic oxidation sites excluding steroid dienone is 1. The van der Waals surface area contributed by atoms with Crippen LogP contribution >= 0.6 is 0 Å². The van der Waals surface area contributed by atoms with Crippen LogP contribution in [0, 0.1) is 0 Å². The number of carbonyl (C=O) groups excluding carboxylic acids is 2. The zero-order valence-electron chi connectivity index (χ0n) is 10.5. The molecule has 0 saturated carbocycles. The maximum absolute atomic E-state index is 11.5. The summed E-state index contributed by atoms with van der Waals surface area (Å²) in [5.41, 5.74) is 0.762. The van der Waals surface area contributed by atoms with Crippen molar-refractivity contribution < 1.29 is 19.4 Å². The second kappa shape index (κ2) is 7.27. The van der Waals surface area contributed by atoms with E-state index < -0.39 is 11.9 Å². The predicted molar refractivity (Wildman–Crippen MR) is 66.6 cm³/mol. The van der Waals surface area contributed by atoms with E-state index in [2.05, 4.69) is 9.78 Å². The van der Waals surface area contributed by atoms with Gasteiger partial charge in [0.1, 0.15) is 0 Å². The SMILES string of the molecule is CCCC=C(C)C(=O)OOC(=O)c1ccccc1. The van der Waals surface area contributed by atoms with Crippen LogP contribution in [0.1, 0.15) is 37.0 Å². The van der Waals surface area contributed by atoms with Gasteiger partial charge in [-0.1, -0.05) is 37.6 Å². The van der Waals surface area contributed by atoms with Gasteiger partial charge in [-0.25, -0.2) is 19.4 Å². The number of hydrogen-bond acceptors (Lipinski definition) is 4. The van der Waals surface area contributed by atoms with E-state index in [1.54, 1.807) is 43.3 Å². The number of carbonyl (C=O) groups is 2. The summed E-state index contributed by atoms with van der Waals surface area (Å²) in [6, 6.07) is 8.34. The van der Waals surface area contributed by atoms with Crippen molar-refractivity contribution in [1.29, 1.82) is 0 Å². The van der Waals surface area contributed by atoms with Crippen LogP contribution in [0.3, 0.4) is 0 Å². The summed E-state index contributed by atoms with van der Waals surface area (Å²) in [4.78, 5) is 31.8. The minimum absolute atomic E-state index is 0.334. The van der Waals surface area contributed by atoms with Crippen molar-refractivity contribution in [3.63, 3.8) is 0 Å². The van der Waals surface area contributed by atoms with Gasteiger partial charge >= 0.3 is 11.9 Å². The summed E-state index contributed by atoms with van der Waals surface area (Å²) in [6.07, 6.45) is 3.47. The highest BCUT2D eigenvalue weighted by Crippen LogP contribution is 2.05. The zero-order chi connectivity index (χ0) is 13.4. The lowest BCUT2D eigenvalue weighted by Gasteiger charge is -2.03. The summed E-state index contributed by atoms with van der Waals surface area (Å²) in [5, 5.41) is 0. The smallest absolute Gasteiger partial charge is 0.242 e. The van der Waals surface area contributed by atoms with Gasteiger partial charge in [-0.05, 0) is 25.5 Å². The Morgan fingerprint density at radius 1 is 1.17 bits per heavy atom. The van der Waals surface area contributed by atoms with Gasteiger partial charge < -0.3 is 0 Å². The van der Waals surface area contributed by atoms with E-state index in [9.17, 15) is 9.59 Å². The molecule has 0 N–H and O–H groups in total. The molecule has 0 aliphatic rings. The molecule has 0 bridgehead atoms. The van der Waals surface area contributed by atoms with Crippen LogP contribution in [0.2, 0.25) is 0 Å². The first-order valence-corrected chi connectivity index (χ1v) is 5.80. The summed E-state index contributed by atoms with van der Waals surface area (Å²) < 4.78 is 0. The van der Waals surface area contributed by atoms with Gasteiger partial charge in [-0.3, -0.25) is 0 Å². The molecule has 4 nitrogen and oxygen atoms in total. The standard InChI is InChI=1S/C14H16O4/c1-3-4-8-11(2)13(15)17-18-14(16)12-9-6-5-7-10-12/h5-10H,3-4H2,1-2H3. The van der Waals surface area contributed by atoms with Crippen molar-refractivity contribution in [2.75, 3.05) is 0 Å². The minimum Gasteiger partial charge on any atom is -0.242 e. The van der Waals surface area contributed by atoms with Crippen LogP contribution in [0.4, 0.5) is 0 Å². The van der Waals surface area contributed by atoms with Crippen LogP contribution in [-0.4, -0.2) is 11.9 Å². The molecule has 0 atom stereocenters. The van der Waals surface area contributed by atoms with Crippen molar-refractivity contribution in [2.45, 2.75) is 26.7 Å². The first-order chi connectivity index (χ1) is 8.65. The molecular weight excluding hydrogens is 232 g/mol. The lowest BCUT2D eigenvalue weighted by Crippen LogP contribution is -2.12. The van der Waals surface area contributed by atoms with E-state index in [-0.39, 0.29) is 0 Å². The molecule has 0 aliphatic carbocycles. The molecule has 0 spiro atoms. The molecule has 0 amide bonds. The summed E-state index contributed by atoms with van der Waals surface area (Å²) >= 11 is 0. The average Bonchev–Trinajstić information content (AvgIpc) is 2.42. The molecule has 96 valence electrons. The molecule has 0 unspecified atom stereocenters. The van der Waals surface area contributed by atoms with E-state index in [1.807, 2.05) is 6.92 Å². The van der Waals surface area contributed by atoms with Crippen LogP contribution in [-0.2, 0) is 14.6 Å². The molecule has 0 aromatic heterocycles. The monoisotopic (exact) mass is 248 g/mol. The lowest BCUT2D eigenvalue weighted by atomic mass is 10.2. The van der Waals surface area contributed by atoms with Gasteiger partial charge in [0.05, 0.1) is 5.56 Å². The Hall–Kier alpha value is -2.10. The molecule has 4 heteroatoms. The minimum atomic E-state index is -0.688. The summed E-state index contributed by atoms with van der Waals surface area (Å²) in [5.74, 6) is -1.33. The largest absolute Gasteiger partial charge is 0.386 e. The van der Waals surface area contributed by atoms with E-state index in [1.165, 1.54) is 0 Å². The van der Waals surface area contributed by atoms with Gasteiger partial charge in [-0.15, -0.1) is 0 Å². The molecule has 1 aromatic rings. The molecule has 0 heterocycles. The van der Waals surface area contributed by atoms with Gasteiger partial charge in [0.15, 0.2) is 0 Å².